The number of aryl methyl sites for hydroxylation is 1. The van der Waals surface area contributed by atoms with Crippen LogP contribution in [0.3, 0.4) is 0 Å². The number of nitrogens with zero attached hydrogens (tertiary/aromatic N) is 2. The molecule has 7 heteroatoms. The lowest BCUT2D eigenvalue weighted by Crippen LogP contribution is -2.16. The Morgan fingerprint density at radius 2 is 2.00 bits per heavy atom. The van der Waals surface area contributed by atoms with Crippen molar-refractivity contribution in [2.24, 2.45) is 4.99 Å². The Hall–Kier alpha value is -2.31. The molecule has 3 aromatic rings. The topological polar surface area (TPSA) is 52.8 Å². The van der Waals surface area contributed by atoms with E-state index >= 15 is 0 Å². The number of rotatable bonds is 4. The molecule has 0 N–H and O–H groups in total. The first-order valence-electron chi connectivity index (χ1n) is 7.67. The lowest BCUT2D eigenvalue weighted by atomic mass is 10.2. The summed E-state index contributed by atoms with van der Waals surface area (Å²) in [5.74, 6) is 0.656. The van der Waals surface area contributed by atoms with Crippen molar-refractivity contribution in [3.63, 3.8) is 0 Å². The lowest BCUT2D eigenvalue weighted by molar-refractivity contribution is 0.0994. The minimum atomic E-state index is -0.379. The van der Waals surface area contributed by atoms with Gasteiger partial charge in [0.25, 0.3) is 5.91 Å². The van der Waals surface area contributed by atoms with E-state index in [0.29, 0.717) is 33.4 Å². The molecule has 0 radical (unpaired) electrons. The fourth-order valence-electron chi connectivity index (χ4n) is 2.57. The van der Waals surface area contributed by atoms with Crippen molar-refractivity contribution < 1.29 is 14.3 Å². The molecule has 5 nitrogen and oxygen atoms in total. The predicted octanol–water partition coefficient (Wildman–Crippen LogP) is 4.13. The molecule has 1 aromatic heterocycles. The van der Waals surface area contributed by atoms with E-state index in [1.165, 1.54) is 18.4 Å². The molecule has 2 aromatic carbocycles. The Labute approximate surface area is 154 Å². The van der Waals surface area contributed by atoms with Crippen LogP contribution in [0.25, 0.3) is 10.2 Å². The van der Waals surface area contributed by atoms with E-state index in [4.69, 9.17) is 21.1 Å². The van der Waals surface area contributed by atoms with Gasteiger partial charge in [-0.25, -0.2) is 0 Å². The third-order valence-electron chi connectivity index (χ3n) is 3.80. The fourth-order valence-corrected chi connectivity index (χ4v) is 3.93. The molecule has 0 aliphatic carbocycles. The molecule has 130 valence electrons. The van der Waals surface area contributed by atoms with Gasteiger partial charge in [-0.05, 0) is 43.3 Å². The van der Waals surface area contributed by atoms with Crippen molar-refractivity contribution in [1.29, 1.82) is 0 Å². The van der Waals surface area contributed by atoms with Crippen molar-refractivity contribution >= 4 is 39.1 Å². The number of carbonyl (C=O) groups excluding carboxylic acids is 1. The summed E-state index contributed by atoms with van der Waals surface area (Å²) in [6.45, 7) is 2.71. The zero-order valence-electron chi connectivity index (χ0n) is 14.1. The van der Waals surface area contributed by atoms with Gasteiger partial charge in [0.2, 0.25) is 0 Å². The number of amides is 1. The second kappa shape index (κ2) is 7.29. The summed E-state index contributed by atoms with van der Waals surface area (Å²) in [5, 5.41) is 0.657. The maximum Gasteiger partial charge on any atom is 0.283 e. The Morgan fingerprint density at radius 3 is 2.68 bits per heavy atom. The highest BCUT2D eigenvalue weighted by Gasteiger charge is 2.14. The maximum absolute atomic E-state index is 12.7. The molecular weight excluding hydrogens is 360 g/mol. The summed E-state index contributed by atoms with van der Waals surface area (Å²) in [4.78, 5) is 17.7. The number of aromatic nitrogens is 1. The van der Waals surface area contributed by atoms with Gasteiger partial charge in [0.05, 0.1) is 30.0 Å². The molecule has 1 heterocycles. The first kappa shape index (κ1) is 17.5. The molecule has 0 atom stereocenters. The summed E-state index contributed by atoms with van der Waals surface area (Å²) in [6, 6.07) is 10.7. The van der Waals surface area contributed by atoms with Crippen LogP contribution in [0.1, 0.15) is 17.3 Å². The standard InChI is InChI=1S/C18H17ClN2O3S/c1-4-21-14-7-5-11(19)9-16(14)25-18(21)20-17(22)13-10-12(23-2)6-8-15(13)24-3/h5-10H,4H2,1-3H3. The Morgan fingerprint density at radius 1 is 1.20 bits per heavy atom. The second-order valence-electron chi connectivity index (χ2n) is 5.22. The highest BCUT2D eigenvalue weighted by molar-refractivity contribution is 7.16. The summed E-state index contributed by atoms with van der Waals surface area (Å²) in [6.07, 6.45) is 0. The van der Waals surface area contributed by atoms with Gasteiger partial charge in [0.1, 0.15) is 11.5 Å². The smallest absolute Gasteiger partial charge is 0.283 e. The average Bonchev–Trinajstić information content (AvgIpc) is 2.96. The van der Waals surface area contributed by atoms with Gasteiger partial charge in [-0.1, -0.05) is 22.9 Å². The average molecular weight is 377 g/mol. The van der Waals surface area contributed by atoms with Crippen LogP contribution in [0.15, 0.2) is 41.4 Å². The van der Waals surface area contributed by atoms with Gasteiger partial charge in [0, 0.05) is 11.6 Å². The van der Waals surface area contributed by atoms with Gasteiger partial charge < -0.3 is 14.0 Å². The molecule has 0 unspecified atom stereocenters. The van der Waals surface area contributed by atoms with Crippen LogP contribution in [-0.4, -0.2) is 24.7 Å². The van der Waals surface area contributed by atoms with Crippen LogP contribution in [0.4, 0.5) is 0 Å². The van der Waals surface area contributed by atoms with Gasteiger partial charge in [-0.15, -0.1) is 0 Å². The minimum Gasteiger partial charge on any atom is -0.497 e. The third-order valence-corrected chi connectivity index (χ3v) is 5.07. The number of benzene rings is 2. The van der Waals surface area contributed by atoms with Crippen molar-refractivity contribution in [3.05, 3.63) is 51.8 Å². The van der Waals surface area contributed by atoms with Crippen molar-refractivity contribution in [2.45, 2.75) is 13.5 Å². The summed E-state index contributed by atoms with van der Waals surface area (Å²) in [5.41, 5.74) is 1.36. The predicted molar refractivity (Wildman–Crippen MR) is 99.9 cm³/mol. The van der Waals surface area contributed by atoms with Crippen LogP contribution >= 0.6 is 22.9 Å². The Balaban J connectivity index is 2.15. The Bertz CT molecular complexity index is 1010. The van der Waals surface area contributed by atoms with Crippen LogP contribution in [0, 0.1) is 0 Å². The summed E-state index contributed by atoms with van der Waals surface area (Å²) < 4.78 is 13.4. The normalized spacial score (nSPS) is 11.8. The monoisotopic (exact) mass is 376 g/mol. The molecule has 25 heavy (non-hydrogen) atoms. The third kappa shape index (κ3) is 3.41. The molecule has 0 saturated heterocycles. The minimum absolute atomic E-state index is 0.361. The van der Waals surface area contributed by atoms with Gasteiger partial charge in [-0.2, -0.15) is 4.99 Å². The SMILES string of the molecule is CCn1c(=NC(=O)c2cc(OC)ccc2OC)sc2cc(Cl)ccc21. The van der Waals surface area contributed by atoms with Crippen LogP contribution in [0.2, 0.25) is 5.02 Å². The maximum atomic E-state index is 12.7. The van der Waals surface area contributed by atoms with Gasteiger partial charge in [0.15, 0.2) is 4.80 Å². The number of hydrogen-bond donors (Lipinski definition) is 0. The van der Waals surface area contributed by atoms with E-state index in [-0.39, 0.29) is 5.91 Å². The van der Waals surface area contributed by atoms with Crippen molar-refractivity contribution in [2.75, 3.05) is 14.2 Å². The number of methoxy groups -OCH3 is 2. The highest BCUT2D eigenvalue weighted by Crippen LogP contribution is 2.25. The quantitative estimate of drug-likeness (QED) is 0.687. The number of thiazole rings is 1. The number of fused-ring (bicyclic) bond motifs is 1. The fraction of sp³-hybridized carbons (Fsp3) is 0.222. The molecule has 0 aliphatic rings. The van der Waals surface area contributed by atoms with Crippen molar-refractivity contribution in [3.8, 4) is 11.5 Å². The number of halogens is 1. The molecule has 0 spiro atoms. The zero-order chi connectivity index (χ0) is 18.0. The first-order chi connectivity index (χ1) is 12.1. The second-order valence-corrected chi connectivity index (χ2v) is 6.67. The molecule has 1 amide bonds. The van der Waals surface area contributed by atoms with E-state index in [1.54, 1.807) is 25.3 Å². The zero-order valence-corrected chi connectivity index (χ0v) is 15.6. The number of carbonyl (C=O) groups is 1. The van der Waals surface area contributed by atoms with Crippen LogP contribution in [-0.2, 0) is 6.54 Å². The molecule has 0 bridgehead atoms. The molecular formula is C18H17ClN2O3S. The molecule has 0 fully saturated rings. The lowest BCUT2D eigenvalue weighted by Gasteiger charge is -2.07. The summed E-state index contributed by atoms with van der Waals surface area (Å²) in [7, 11) is 3.07. The van der Waals surface area contributed by atoms with E-state index in [1.807, 2.05) is 29.7 Å². The van der Waals surface area contributed by atoms with Crippen LogP contribution < -0.4 is 14.3 Å². The van der Waals surface area contributed by atoms with E-state index in [2.05, 4.69) is 4.99 Å². The first-order valence-corrected chi connectivity index (χ1v) is 8.86. The molecule has 0 aliphatic heterocycles. The van der Waals surface area contributed by atoms with Gasteiger partial charge in [-0.3, -0.25) is 4.79 Å². The highest BCUT2D eigenvalue weighted by atomic mass is 35.5. The molecule has 0 saturated carbocycles. The van der Waals surface area contributed by atoms with Crippen molar-refractivity contribution in [1.82, 2.24) is 4.57 Å². The van der Waals surface area contributed by atoms with E-state index in [0.717, 1.165) is 10.2 Å². The Kier molecular flexibility index (Phi) is 5.11. The number of hydrogen-bond acceptors (Lipinski definition) is 4. The summed E-state index contributed by atoms with van der Waals surface area (Å²) >= 11 is 7.50. The largest absolute Gasteiger partial charge is 0.497 e. The van der Waals surface area contributed by atoms with Crippen LogP contribution in [0.5, 0.6) is 11.5 Å². The van der Waals surface area contributed by atoms with E-state index in [9.17, 15) is 4.79 Å². The number of ether oxygens (including phenoxy) is 2. The van der Waals surface area contributed by atoms with E-state index < -0.39 is 0 Å². The van der Waals surface area contributed by atoms with Gasteiger partial charge >= 0.3 is 0 Å². The molecule has 3 rings (SSSR count).